The number of nitrogen functional groups attached to an aromatic ring is 1. The summed E-state index contributed by atoms with van der Waals surface area (Å²) < 4.78 is 0. The maximum atomic E-state index is 11.0. The normalized spacial score (nSPS) is 13.7. The molecule has 92 valence electrons. The molecule has 6 heteroatoms. The van der Waals surface area contributed by atoms with Crippen LogP contribution >= 0.6 is 11.3 Å². The average Bonchev–Trinajstić information content (AvgIpc) is 2.97. The van der Waals surface area contributed by atoms with Crippen LogP contribution in [0.25, 0.3) is 0 Å². The molecule has 0 radical (unpaired) electrons. The van der Waals surface area contributed by atoms with Gasteiger partial charge in [0, 0.05) is 30.2 Å². The number of benzene rings is 1. The van der Waals surface area contributed by atoms with Crippen molar-refractivity contribution in [3.8, 4) is 0 Å². The largest absolute Gasteiger partial charge is 0.478 e. The predicted octanol–water partition coefficient (Wildman–Crippen LogP) is 1.94. The molecule has 0 aliphatic carbocycles. The summed E-state index contributed by atoms with van der Waals surface area (Å²) in [6.07, 6.45) is 1.76. The number of aromatic nitrogens is 1. The fourth-order valence-electron chi connectivity index (χ4n) is 2.19. The van der Waals surface area contributed by atoms with Crippen LogP contribution in [0.15, 0.2) is 23.7 Å². The van der Waals surface area contributed by atoms with Crippen LogP contribution in [0.2, 0.25) is 0 Å². The van der Waals surface area contributed by atoms with E-state index in [1.165, 1.54) is 0 Å². The van der Waals surface area contributed by atoms with Crippen LogP contribution in [-0.4, -0.2) is 16.1 Å². The molecule has 0 amide bonds. The van der Waals surface area contributed by atoms with Gasteiger partial charge < -0.3 is 15.7 Å². The molecule has 0 fully saturated rings. The lowest BCUT2D eigenvalue weighted by Gasteiger charge is -2.12. The molecule has 2 aromatic rings. The molecule has 1 aromatic heterocycles. The van der Waals surface area contributed by atoms with Gasteiger partial charge in [0.1, 0.15) is 0 Å². The van der Waals surface area contributed by atoms with Gasteiger partial charge in [0.05, 0.1) is 11.3 Å². The first-order valence-electron chi connectivity index (χ1n) is 5.45. The van der Waals surface area contributed by atoms with Gasteiger partial charge in [-0.05, 0) is 11.6 Å². The number of carbonyl (C=O) groups is 1. The molecule has 0 unspecified atom stereocenters. The van der Waals surface area contributed by atoms with E-state index < -0.39 is 5.97 Å². The average molecular weight is 261 g/mol. The van der Waals surface area contributed by atoms with Crippen LogP contribution in [0.3, 0.4) is 0 Å². The van der Waals surface area contributed by atoms with Gasteiger partial charge in [-0.25, -0.2) is 9.78 Å². The summed E-state index contributed by atoms with van der Waals surface area (Å²) in [4.78, 5) is 17.4. The summed E-state index contributed by atoms with van der Waals surface area (Å²) in [6, 6.07) is 3.41. The topological polar surface area (TPSA) is 79.5 Å². The molecule has 2 heterocycles. The van der Waals surface area contributed by atoms with Crippen LogP contribution in [0.1, 0.15) is 21.5 Å². The Morgan fingerprint density at radius 2 is 2.28 bits per heavy atom. The highest BCUT2D eigenvalue weighted by Crippen LogP contribution is 2.34. The van der Waals surface area contributed by atoms with Crippen molar-refractivity contribution < 1.29 is 9.90 Å². The molecule has 0 bridgehead atoms. The van der Waals surface area contributed by atoms with Crippen molar-refractivity contribution in [3.63, 3.8) is 0 Å². The number of hydrogen-bond donors (Lipinski definition) is 2. The van der Waals surface area contributed by atoms with Crippen molar-refractivity contribution in [2.45, 2.75) is 13.1 Å². The van der Waals surface area contributed by atoms with Crippen molar-refractivity contribution in [2.75, 3.05) is 10.6 Å². The summed E-state index contributed by atoms with van der Waals surface area (Å²) in [5, 5.41) is 11.9. The fourth-order valence-corrected chi connectivity index (χ4v) is 2.83. The van der Waals surface area contributed by atoms with Gasteiger partial charge >= 0.3 is 5.97 Å². The third kappa shape index (κ3) is 1.62. The maximum absolute atomic E-state index is 11.0. The van der Waals surface area contributed by atoms with Crippen LogP contribution in [-0.2, 0) is 13.1 Å². The van der Waals surface area contributed by atoms with E-state index in [9.17, 15) is 4.79 Å². The Bertz CT molecular complexity index is 610. The summed E-state index contributed by atoms with van der Waals surface area (Å²) in [6.45, 7) is 1.35. The first kappa shape index (κ1) is 11.0. The summed E-state index contributed by atoms with van der Waals surface area (Å²) >= 11 is 1.56. The SMILES string of the molecule is Nc1c(C(=O)O)ccc2c1CN(c1nccs1)C2. The molecular weight excluding hydrogens is 250 g/mol. The minimum absolute atomic E-state index is 0.176. The third-order valence-corrected chi connectivity index (χ3v) is 3.92. The number of carboxylic acid groups (broad SMARTS) is 1. The molecule has 1 aliphatic rings. The lowest BCUT2D eigenvalue weighted by molar-refractivity contribution is 0.0698. The molecule has 3 rings (SSSR count). The quantitative estimate of drug-likeness (QED) is 0.808. The maximum Gasteiger partial charge on any atom is 0.337 e. The van der Waals surface area contributed by atoms with E-state index in [0.717, 1.165) is 22.8 Å². The molecule has 0 saturated heterocycles. The summed E-state index contributed by atoms with van der Waals surface area (Å²) in [5.74, 6) is -0.983. The van der Waals surface area contributed by atoms with E-state index in [0.29, 0.717) is 12.2 Å². The number of thiazole rings is 1. The van der Waals surface area contributed by atoms with Gasteiger partial charge in [0.2, 0.25) is 0 Å². The Morgan fingerprint density at radius 1 is 1.44 bits per heavy atom. The molecule has 0 atom stereocenters. The minimum atomic E-state index is -0.983. The second kappa shape index (κ2) is 3.99. The Morgan fingerprint density at radius 3 is 2.94 bits per heavy atom. The standard InChI is InChI=1S/C12H11N3O2S/c13-10-8(11(16)17)2-1-7-5-15(6-9(7)10)12-14-3-4-18-12/h1-4H,5-6,13H2,(H,16,17). The van der Waals surface area contributed by atoms with Gasteiger partial charge in [-0.3, -0.25) is 0 Å². The molecule has 0 spiro atoms. The van der Waals surface area contributed by atoms with Crippen LogP contribution in [0.5, 0.6) is 0 Å². The first-order chi connectivity index (χ1) is 8.66. The van der Waals surface area contributed by atoms with Crippen molar-refractivity contribution in [3.05, 3.63) is 40.4 Å². The minimum Gasteiger partial charge on any atom is -0.478 e. The Labute approximate surface area is 107 Å². The number of anilines is 2. The second-order valence-corrected chi connectivity index (χ2v) is 5.01. The zero-order valence-corrected chi connectivity index (χ0v) is 10.3. The van der Waals surface area contributed by atoms with E-state index in [1.807, 2.05) is 11.4 Å². The molecule has 0 saturated carbocycles. The highest BCUT2D eigenvalue weighted by atomic mass is 32.1. The number of rotatable bonds is 2. The molecule has 18 heavy (non-hydrogen) atoms. The number of aromatic carboxylic acids is 1. The smallest absolute Gasteiger partial charge is 0.337 e. The van der Waals surface area contributed by atoms with Crippen molar-refractivity contribution in [1.82, 2.24) is 4.98 Å². The zero-order chi connectivity index (χ0) is 12.7. The zero-order valence-electron chi connectivity index (χ0n) is 9.46. The predicted molar refractivity (Wildman–Crippen MR) is 69.8 cm³/mol. The van der Waals surface area contributed by atoms with Crippen LogP contribution in [0, 0.1) is 0 Å². The van der Waals surface area contributed by atoms with E-state index in [2.05, 4.69) is 9.88 Å². The van der Waals surface area contributed by atoms with Gasteiger partial charge in [0.25, 0.3) is 0 Å². The molecular formula is C12H11N3O2S. The van der Waals surface area contributed by atoms with Crippen molar-refractivity contribution >= 4 is 28.1 Å². The van der Waals surface area contributed by atoms with Gasteiger partial charge in [-0.2, -0.15) is 0 Å². The monoisotopic (exact) mass is 261 g/mol. The number of hydrogen-bond acceptors (Lipinski definition) is 5. The van der Waals surface area contributed by atoms with Gasteiger partial charge in [-0.1, -0.05) is 6.07 Å². The second-order valence-electron chi connectivity index (χ2n) is 4.14. The number of carboxylic acids is 1. The van der Waals surface area contributed by atoms with E-state index in [1.54, 1.807) is 23.6 Å². The Hall–Kier alpha value is -2.08. The van der Waals surface area contributed by atoms with E-state index >= 15 is 0 Å². The lowest BCUT2D eigenvalue weighted by atomic mass is 10.0. The highest BCUT2D eigenvalue weighted by Gasteiger charge is 2.25. The number of nitrogens with zero attached hydrogens (tertiary/aromatic N) is 2. The number of fused-ring (bicyclic) bond motifs is 1. The Kier molecular flexibility index (Phi) is 2.45. The third-order valence-electron chi connectivity index (χ3n) is 3.08. The van der Waals surface area contributed by atoms with Gasteiger partial charge in [0.15, 0.2) is 5.13 Å². The highest BCUT2D eigenvalue weighted by molar-refractivity contribution is 7.13. The fraction of sp³-hybridized carbons (Fsp3) is 0.167. The van der Waals surface area contributed by atoms with E-state index in [4.69, 9.17) is 10.8 Å². The summed E-state index contributed by atoms with van der Waals surface area (Å²) in [7, 11) is 0. The lowest BCUT2D eigenvalue weighted by Crippen LogP contribution is -2.14. The molecule has 3 N–H and O–H groups in total. The Balaban J connectivity index is 1.98. The summed E-state index contributed by atoms with van der Waals surface area (Å²) in [5.41, 5.74) is 8.46. The first-order valence-corrected chi connectivity index (χ1v) is 6.32. The molecule has 1 aliphatic heterocycles. The van der Waals surface area contributed by atoms with E-state index in [-0.39, 0.29) is 5.56 Å². The molecule has 5 nitrogen and oxygen atoms in total. The number of nitrogens with two attached hydrogens (primary N) is 1. The van der Waals surface area contributed by atoms with Crippen molar-refractivity contribution in [2.24, 2.45) is 0 Å². The van der Waals surface area contributed by atoms with Crippen LogP contribution < -0.4 is 10.6 Å². The van der Waals surface area contributed by atoms with Crippen LogP contribution in [0.4, 0.5) is 10.8 Å². The molecule has 1 aromatic carbocycles. The van der Waals surface area contributed by atoms with Crippen molar-refractivity contribution in [1.29, 1.82) is 0 Å². The van der Waals surface area contributed by atoms with Gasteiger partial charge in [-0.15, -0.1) is 11.3 Å².